The summed E-state index contributed by atoms with van der Waals surface area (Å²) in [6.45, 7) is 6.37. The minimum atomic E-state index is -4.99. The molecule has 0 bridgehead atoms. The van der Waals surface area contributed by atoms with Crippen LogP contribution < -0.4 is 31.3 Å². The van der Waals surface area contributed by atoms with Crippen LogP contribution in [0.1, 0.15) is 79.9 Å². The van der Waals surface area contributed by atoms with Gasteiger partial charge < -0.3 is 45.9 Å². The third kappa shape index (κ3) is 10.6. The maximum absolute atomic E-state index is 13.6. The zero-order chi connectivity index (χ0) is 40.6. The summed E-state index contributed by atoms with van der Waals surface area (Å²) < 4.78 is 49.9. The number of carbonyl (C=O) groups is 4. The number of hydrogen-bond donors (Lipinski definition) is 6. The van der Waals surface area contributed by atoms with E-state index in [0.717, 1.165) is 23.8 Å². The highest BCUT2D eigenvalue weighted by Crippen LogP contribution is 2.39. The molecule has 5 rings (SSSR count). The number of halogens is 3. The van der Waals surface area contributed by atoms with Crippen LogP contribution in [0.4, 0.5) is 34.3 Å². The monoisotopic (exact) mass is 781 g/mol. The van der Waals surface area contributed by atoms with E-state index in [1.165, 1.54) is 38.6 Å². The molecular weight excluding hydrogens is 735 g/mol. The number of methoxy groups -OCH3 is 1. The number of likely N-dealkylation sites (tertiary alicyclic amines) is 1. The molecule has 0 spiro atoms. The van der Waals surface area contributed by atoms with E-state index in [4.69, 9.17) is 4.74 Å². The highest BCUT2D eigenvalue weighted by Gasteiger charge is 2.38. The summed E-state index contributed by atoms with van der Waals surface area (Å²) in [6, 6.07) is 5.57. The summed E-state index contributed by atoms with van der Waals surface area (Å²) in [7, 11) is 2.75. The number of aromatic nitrogens is 3. The van der Waals surface area contributed by atoms with E-state index in [2.05, 4.69) is 46.3 Å². The molecule has 3 unspecified atom stereocenters. The highest BCUT2D eigenvalue weighted by molar-refractivity contribution is 6.04. The smallest absolute Gasteiger partial charge is 0.453 e. The number of amides is 5. The van der Waals surface area contributed by atoms with Crippen LogP contribution >= 0.6 is 0 Å². The van der Waals surface area contributed by atoms with E-state index in [9.17, 15) is 32.3 Å². The number of hydrogen-bond acceptors (Lipinski definition) is 9. The lowest BCUT2D eigenvalue weighted by Crippen LogP contribution is -2.51. The molecule has 1 aliphatic carbocycles. The summed E-state index contributed by atoms with van der Waals surface area (Å²) in [5.41, 5.74) is 2.68. The lowest BCUT2D eigenvalue weighted by Gasteiger charge is -2.30. The third-order valence-electron chi connectivity index (χ3n) is 9.36. The number of alkyl halides is 3. The molecule has 15 nitrogen and oxygen atoms in total. The van der Waals surface area contributed by atoms with Gasteiger partial charge in [0.1, 0.15) is 23.4 Å². The number of urea groups is 1. The van der Waals surface area contributed by atoms with E-state index in [1.807, 2.05) is 13.8 Å². The second-order valence-electron chi connectivity index (χ2n) is 13.8. The van der Waals surface area contributed by atoms with Crippen molar-refractivity contribution in [3.05, 3.63) is 77.5 Å². The topological polar surface area (TPSA) is 192 Å². The molecule has 1 saturated heterocycles. The molecule has 300 valence electrons. The Kier molecular flexibility index (Phi) is 13.2. The van der Waals surface area contributed by atoms with E-state index >= 15 is 0 Å². The number of alkyl carbamates (subject to hydrolysis) is 1. The molecule has 18 heteroatoms. The van der Waals surface area contributed by atoms with Crippen molar-refractivity contribution in [3.63, 3.8) is 0 Å². The van der Waals surface area contributed by atoms with Crippen LogP contribution in [0.2, 0.25) is 0 Å². The van der Waals surface area contributed by atoms with Crippen molar-refractivity contribution in [3.8, 4) is 5.75 Å². The number of H-pyrrole nitrogens is 1. The first kappa shape index (κ1) is 41.1. The largest absolute Gasteiger partial charge is 0.573 e. The first-order valence-electron chi connectivity index (χ1n) is 18.1. The first-order chi connectivity index (χ1) is 26.6. The van der Waals surface area contributed by atoms with E-state index in [0.29, 0.717) is 49.6 Å². The molecule has 3 heterocycles. The number of aromatic amines is 1. The molecule has 5 amide bonds. The van der Waals surface area contributed by atoms with Crippen molar-refractivity contribution >= 4 is 46.6 Å². The molecule has 3 atom stereocenters. The van der Waals surface area contributed by atoms with Gasteiger partial charge in [0.25, 0.3) is 5.91 Å². The van der Waals surface area contributed by atoms with Crippen molar-refractivity contribution in [2.75, 3.05) is 37.9 Å². The summed E-state index contributed by atoms with van der Waals surface area (Å²) in [5.74, 6) is -0.390. The number of benzene rings is 1. The van der Waals surface area contributed by atoms with Crippen molar-refractivity contribution in [2.45, 2.75) is 70.9 Å². The molecule has 1 aliphatic heterocycles. The van der Waals surface area contributed by atoms with Crippen LogP contribution in [-0.2, 0) is 9.53 Å². The maximum atomic E-state index is 13.6. The van der Waals surface area contributed by atoms with Crippen LogP contribution in [0.15, 0.2) is 54.9 Å². The quantitative estimate of drug-likeness (QED) is 0.121. The van der Waals surface area contributed by atoms with Crippen molar-refractivity contribution < 1.29 is 41.8 Å². The average Bonchev–Trinajstić information content (AvgIpc) is 3.86. The Balaban J connectivity index is 1.27. The fourth-order valence-electron chi connectivity index (χ4n) is 6.46. The Bertz CT molecular complexity index is 1960. The van der Waals surface area contributed by atoms with Gasteiger partial charge in [-0.1, -0.05) is 26.0 Å². The molecule has 1 fully saturated rings. The summed E-state index contributed by atoms with van der Waals surface area (Å²) >= 11 is 0. The standard InChI is InChI=1S/C38H46F3N9O6/c1-21(2)32(49-37(54)55-5)35(52)50-16-6-7-29(50)33-45-20-28(48-33)24-10-8-23(9-11-24)27-14-13-26(17-30(27)56-38(39,40)41)47-34(51)25-12-15-31(44-19-25)43-18-22(3)46-36(53)42-4/h8,10,12-15,17,19-22,29,32H,6-7,9,11,16,18H2,1-5H3,(H,43,44)(H,45,48)(H,47,51)(H,49,54)(H2,42,46,53). The van der Waals surface area contributed by atoms with Gasteiger partial charge in [-0.15, -0.1) is 13.2 Å². The second-order valence-corrected chi connectivity index (χ2v) is 13.8. The SMILES string of the molecule is CNC(=O)NC(C)CNc1ccc(C(=O)Nc2ccc(C3=CC=C(c4cnc(C5CCCN5C(=O)C(NC(=O)OC)C(C)C)[nH]4)CC3)c(OC(F)(F)F)c2)cn1. The Morgan fingerprint density at radius 3 is 2.39 bits per heavy atom. The lowest BCUT2D eigenvalue weighted by molar-refractivity contribution is -0.274. The highest BCUT2D eigenvalue weighted by atomic mass is 19.4. The van der Waals surface area contributed by atoms with Gasteiger partial charge in [0.15, 0.2) is 0 Å². The molecule has 3 aromatic rings. The summed E-state index contributed by atoms with van der Waals surface area (Å²) in [5, 5.41) is 13.5. The van der Waals surface area contributed by atoms with Crippen LogP contribution in [-0.4, -0.2) is 89.5 Å². The number of anilines is 2. The zero-order valence-electron chi connectivity index (χ0n) is 31.7. The van der Waals surface area contributed by atoms with Gasteiger partial charge >= 0.3 is 18.5 Å². The molecule has 0 radical (unpaired) electrons. The van der Waals surface area contributed by atoms with Crippen LogP contribution in [0.25, 0.3) is 11.1 Å². The van der Waals surface area contributed by atoms with E-state index < -0.39 is 30.2 Å². The zero-order valence-corrected chi connectivity index (χ0v) is 31.7. The number of pyridine rings is 1. The van der Waals surface area contributed by atoms with Crippen molar-refractivity contribution in [1.82, 2.24) is 35.8 Å². The summed E-state index contributed by atoms with van der Waals surface area (Å²) in [6.07, 6.45) is 3.17. The van der Waals surface area contributed by atoms with Gasteiger partial charge in [0.05, 0.1) is 30.6 Å². The van der Waals surface area contributed by atoms with Crippen LogP contribution in [0.3, 0.4) is 0 Å². The minimum absolute atomic E-state index is 0.0900. The predicted octanol–water partition coefficient (Wildman–Crippen LogP) is 5.99. The summed E-state index contributed by atoms with van der Waals surface area (Å²) in [4.78, 5) is 63.7. The Morgan fingerprint density at radius 2 is 1.75 bits per heavy atom. The van der Waals surface area contributed by atoms with Gasteiger partial charge in [-0.3, -0.25) is 9.59 Å². The molecule has 6 N–H and O–H groups in total. The molecule has 56 heavy (non-hydrogen) atoms. The van der Waals surface area contributed by atoms with Crippen LogP contribution in [0, 0.1) is 5.92 Å². The number of allylic oxidation sites excluding steroid dienone is 4. The van der Waals surface area contributed by atoms with Crippen molar-refractivity contribution in [1.29, 1.82) is 0 Å². The van der Waals surface area contributed by atoms with Gasteiger partial charge in [-0.05, 0) is 73.9 Å². The number of nitrogens with zero attached hydrogens (tertiary/aromatic N) is 3. The lowest BCUT2D eigenvalue weighted by atomic mass is 9.91. The maximum Gasteiger partial charge on any atom is 0.573 e. The fraction of sp³-hybridized carbons (Fsp3) is 0.421. The molecule has 2 aromatic heterocycles. The molecule has 1 aromatic carbocycles. The number of carbonyl (C=O) groups excluding carboxylic acids is 4. The Morgan fingerprint density at radius 1 is 1.00 bits per heavy atom. The molecule has 0 saturated carbocycles. The molecule has 2 aliphatic rings. The van der Waals surface area contributed by atoms with Crippen LogP contribution in [0.5, 0.6) is 5.75 Å². The van der Waals surface area contributed by atoms with E-state index in [1.54, 1.807) is 36.2 Å². The van der Waals surface area contributed by atoms with Gasteiger partial charge in [-0.2, -0.15) is 0 Å². The van der Waals surface area contributed by atoms with Crippen molar-refractivity contribution in [2.24, 2.45) is 5.92 Å². The van der Waals surface area contributed by atoms with Gasteiger partial charge in [0, 0.05) is 49.7 Å². The number of nitrogens with one attached hydrogen (secondary N) is 6. The number of ether oxygens (including phenoxy) is 2. The second kappa shape index (κ2) is 18.0. The number of rotatable bonds is 13. The predicted molar refractivity (Wildman–Crippen MR) is 202 cm³/mol. The van der Waals surface area contributed by atoms with Gasteiger partial charge in [-0.25, -0.2) is 19.6 Å². The number of imidazole rings is 1. The average molecular weight is 782 g/mol. The third-order valence-corrected chi connectivity index (χ3v) is 9.36. The normalized spacial score (nSPS) is 16.6. The first-order valence-corrected chi connectivity index (χ1v) is 18.1. The van der Waals surface area contributed by atoms with Gasteiger partial charge in [0.2, 0.25) is 5.91 Å². The Hall–Kier alpha value is -6.07. The fourth-order valence-corrected chi connectivity index (χ4v) is 6.46. The van der Waals surface area contributed by atoms with E-state index in [-0.39, 0.29) is 46.8 Å². The Labute approximate surface area is 321 Å². The molecular formula is C38H46F3N9O6. The minimum Gasteiger partial charge on any atom is -0.453 e.